The molecule has 0 spiro atoms. The number of para-hydroxylation sites is 1. The molecule has 6 nitrogen and oxygen atoms in total. The summed E-state index contributed by atoms with van der Waals surface area (Å²) in [6.07, 6.45) is 2.09. The minimum Gasteiger partial charge on any atom is -0.389 e. The Labute approximate surface area is 232 Å². The largest absolute Gasteiger partial charge is 0.389 e. The first-order valence-corrected chi connectivity index (χ1v) is 15.0. The van der Waals surface area contributed by atoms with Crippen molar-refractivity contribution < 1.29 is 13.5 Å². The second-order valence-electron chi connectivity index (χ2n) is 9.79. The van der Waals surface area contributed by atoms with Gasteiger partial charge in [-0.2, -0.15) is 4.31 Å². The molecule has 0 saturated carbocycles. The van der Waals surface area contributed by atoms with Gasteiger partial charge in [-0.25, -0.2) is 8.42 Å². The molecule has 2 heterocycles. The molecule has 0 amide bonds. The van der Waals surface area contributed by atoms with Crippen LogP contribution in [0.5, 0.6) is 0 Å². The van der Waals surface area contributed by atoms with Crippen molar-refractivity contribution in [2.24, 2.45) is 0 Å². The van der Waals surface area contributed by atoms with Gasteiger partial charge in [0, 0.05) is 52.0 Å². The van der Waals surface area contributed by atoms with Crippen molar-refractivity contribution in [2.75, 3.05) is 25.0 Å². The average Bonchev–Trinajstić information content (AvgIpc) is 3.19. The molecule has 1 aliphatic rings. The van der Waals surface area contributed by atoms with Gasteiger partial charge in [-0.3, -0.25) is 0 Å². The molecular weight excluding hydrogens is 562 g/mol. The second-order valence-corrected chi connectivity index (χ2v) is 12.6. The SMILES string of the molecule is Cc1ccc(S(=O)(=O)N2CC=C(c3c(C)n(CC(O)CNc4ccc(Br)cc4)c4ccccc34)CC2)cc1. The fourth-order valence-electron chi connectivity index (χ4n) is 5.11. The molecule has 4 aromatic rings. The Hall–Kier alpha value is -2.91. The van der Waals surface area contributed by atoms with Gasteiger partial charge in [0.25, 0.3) is 0 Å². The van der Waals surface area contributed by atoms with E-state index in [2.05, 4.69) is 44.9 Å². The number of halogens is 1. The monoisotopic (exact) mass is 593 g/mol. The highest BCUT2D eigenvalue weighted by atomic mass is 79.9. The number of aliphatic hydroxyl groups excluding tert-OH is 1. The van der Waals surface area contributed by atoms with Gasteiger partial charge in [0.05, 0.1) is 17.5 Å². The van der Waals surface area contributed by atoms with Crippen LogP contribution in [0.15, 0.2) is 88.2 Å². The van der Waals surface area contributed by atoms with Crippen molar-refractivity contribution in [3.8, 4) is 0 Å². The van der Waals surface area contributed by atoms with Gasteiger partial charge in [0.2, 0.25) is 10.0 Å². The summed E-state index contributed by atoms with van der Waals surface area (Å²) in [6.45, 7) is 5.68. The van der Waals surface area contributed by atoms with E-state index in [0.29, 0.717) is 37.5 Å². The van der Waals surface area contributed by atoms with Crippen LogP contribution in [-0.2, 0) is 16.6 Å². The lowest BCUT2D eigenvalue weighted by Gasteiger charge is -2.26. The van der Waals surface area contributed by atoms with E-state index in [0.717, 1.165) is 43.5 Å². The molecular formula is C30H32BrN3O3S. The molecule has 3 aromatic carbocycles. The molecule has 0 aliphatic carbocycles. The van der Waals surface area contributed by atoms with E-state index in [1.165, 1.54) is 0 Å². The van der Waals surface area contributed by atoms with Crippen molar-refractivity contribution in [2.45, 2.75) is 37.8 Å². The van der Waals surface area contributed by atoms with Crippen molar-refractivity contribution in [1.29, 1.82) is 0 Å². The molecule has 1 atom stereocenters. The standard InChI is InChI=1S/C30H32BrN3O3S/c1-21-7-13-27(14-8-21)38(36,37)33-17-15-23(16-18-33)30-22(2)34(29-6-4-3-5-28(29)30)20-26(35)19-32-25-11-9-24(31)10-12-25/h3-15,26,32,35H,16-20H2,1-2H3. The van der Waals surface area contributed by atoms with Gasteiger partial charge in [-0.15, -0.1) is 0 Å². The minimum absolute atomic E-state index is 0.332. The average molecular weight is 595 g/mol. The maximum atomic E-state index is 13.2. The summed E-state index contributed by atoms with van der Waals surface area (Å²) in [5, 5.41) is 15.3. The number of aryl methyl sites for hydroxylation is 1. The molecule has 38 heavy (non-hydrogen) atoms. The number of nitrogens with one attached hydrogen (secondary N) is 1. The van der Waals surface area contributed by atoms with E-state index in [1.54, 1.807) is 16.4 Å². The van der Waals surface area contributed by atoms with Crippen LogP contribution in [0.4, 0.5) is 5.69 Å². The quantitative estimate of drug-likeness (QED) is 0.264. The lowest BCUT2D eigenvalue weighted by molar-refractivity contribution is 0.167. The molecule has 5 rings (SSSR count). The third-order valence-corrected chi connectivity index (χ3v) is 9.57. The molecule has 198 valence electrons. The van der Waals surface area contributed by atoms with Crippen LogP contribution in [0.2, 0.25) is 0 Å². The number of anilines is 1. The zero-order chi connectivity index (χ0) is 26.9. The number of fused-ring (bicyclic) bond motifs is 1. The summed E-state index contributed by atoms with van der Waals surface area (Å²) in [6, 6.07) is 23.1. The van der Waals surface area contributed by atoms with Gasteiger partial charge in [-0.1, -0.05) is 57.9 Å². The van der Waals surface area contributed by atoms with E-state index in [9.17, 15) is 13.5 Å². The highest BCUT2D eigenvalue weighted by molar-refractivity contribution is 9.10. The molecule has 8 heteroatoms. The first-order valence-electron chi connectivity index (χ1n) is 12.8. The van der Waals surface area contributed by atoms with Crippen molar-refractivity contribution >= 4 is 48.1 Å². The topological polar surface area (TPSA) is 74.6 Å². The van der Waals surface area contributed by atoms with Gasteiger partial charge in [-0.05, 0) is 68.3 Å². The summed E-state index contributed by atoms with van der Waals surface area (Å²) in [7, 11) is -3.54. The number of benzene rings is 3. The van der Waals surface area contributed by atoms with E-state index in [1.807, 2.05) is 61.5 Å². The Morgan fingerprint density at radius 3 is 2.39 bits per heavy atom. The van der Waals surface area contributed by atoms with E-state index < -0.39 is 16.1 Å². The summed E-state index contributed by atoms with van der Waals surface area (Å²) >= 11 is 3.44. The van der Waals surface area contributed by atoms with Crippen LogP contribution in [0.25, 0.3) is 16.5 Å². The van der Waals surface area contributed by atoms with E-state index >= 15 is 0 Å². The van der Waals surface area contributed by atoms with Crippen molar-refractivity contribution in [3.63, 3.8) is 0 Å². The summed E-state index contributed by atoms with van der Waals surface area (Å²) in [5.41, 5.74) is 6.43. The molecule has 1 aromatic heterocycles. The van der Waals surface area contributed by atoms with Gasteiger partial charge >= 0.3 is 0 Å². The Kier molecular flexibility index (Phi) is 7.77. The Morgan fingerprint density at radius 2 is 1.71 bits per heavy atom. The second kappa shape index (κ2) is 11.1. The normalized spacial score (nSPS) is 15.4. The van der Waals surface area contributed by atoms with Crippen LogP contribution in [0.1, 0.15) is 23.2 Å². The highest BCUT2D eigenvalue weighted by Crippen LogP contribution is 2.35. The number of nitrogens with zero attached hydrogens (tertiary/aromatic N) is 2. The molecule has 1 aliphatic heterocycles. The highest BCUT2D eigenvalue weighted by Gasteiger charge is 2.28. The molecule has 0 fully saturated rings. The van der Waals surface area contributed by atoms with Gasteiger partial charge in [0.15, 0.2) is 0 Å². The van der Waals surface area contributed by atoms with Crippen LogP contribution >= 0.6 is 15.9 Å². The molecule has 0 bridgehead atoms. The lowest BCUT2D eigenvalue weighted by atomic mass is 9.97. The predicted octanol–water partition coefficient (Wildman–Crippen LogP) is 5.97. The molecule has 0 radical (unpaired) electrons. The van der Waals surface area contributed by atoms with Crippen LogP contribution in [0.3, 0.4) is 0 Å². The first-order chi connectivity index (χ1) is 18.2. The number of hydrogen-bond acceptors (Lipinski definition) is 4. The van der Waals surface area contributed by atoms with Gasteiger partial charge in [0.1, 0.15) is 0 Å². The minimum atomic E-state index is -3.54. The van der Waals surface area contributed by atoms with Crippen LogP contribution in [0, 0.1) is 13.8 Å². The van der Waals surface area contributed by atoms with E-state index in [4.69, 9.17) is 0 Å². The zero-order valence-corrected chi connectivity index (χ0v) is 24.0. The van der Waals surface area contributed by atoms with Crippen molar-refractivity contribution in [3.05, 3.63) is 100 Å². The van der Waals surface area contributed by atoms with Crippen LogP contribution < -0.4 is 5.32 Å². The summed E-state index contributed by atoms with van der Waals surface area (Å²) < 4.78 is 31.1. The fraction of sp³-hybridized carbons (Fsp3) is 0.267. The maximum Gasteiger partial charge on any atom is 0.243 e. The van der Waals surface area contributed by atoms with E-state index in [-0.39, 0.29) is 0 Å². The third-order valence-electron chi connectivity index (χ3n) is 7.16. The fourth-order valence-corrected chi connectivity index (χ4v) is 6.75. The summed E-state index contributed by atoms with van der Waals surface area (Å²) in [4.78, 5) is 0.332. The number of sulfonamides is 1. The summed E-state index contributed by atoms with van der Waals surface area (Å²) in [5.74, 6) is 0. The molecule has 2 N–H and O–H groups in total. The number of aromatic nitrogens is 1. The number of rotatable bonds is 8. The van der Waals surface area contributed by atoms with Crippen LogP contribution in [-0.4, -0.2) is 48.1 Å². The smallest absolute Gasteiger partial charge is 0.243 e. The molecule has 1 unspecified atom stereocenters. The number of hydrogen-bond donors (Lipinski definition) is 2. The molecule has 0 saturated heterocycles. The predicted molar refractivity (Wildman–Crippen MR) is 158 cm³/mol. The number of aliphatic hydroxyl groups is 1. The third kappa shape index (κ3) is 5.45. The van der Waals surface area contributed by atoms with Gasteiger partial charge < -0.3 is 15.0 Å². The Balaban J connectivity index is 1.36. The lowest BCUT2D eigenvalue weighted by Crippen LogP contribution is -2.34. The first kappa shape index (κ1) is 26.7. The van der Waals surface area contributed by atoms with Crippen molar-refractivity contribution in [1.82, 2.24) is 8.87 Å². The Morgan fingerprint density at radius 1 is 1.00 bits per heavy atom. The zero-order valence-electron chi connectivity index (χ0n) is 21.6. The Bertz CT molecular complexity index is 1580. The maximum absolute atomic E-state index is 13.2.